The molecule has 96 valence electrons. The minimum atomic E-state index is 0.712. The van der Waals surface area contributed by atoms with Crippen LogP contribution in [-0.4, -0.2) is 46.4 Å². The molecule has 0 unspecified atom stereocenters. The van der Waals surface area contributed by atoms with Gasteiger partial charge in [-0.05, 0) is 38.1 Å². The minimum Gasteiger partial charge on any atom is -0.298 e. The molecule has 4 heterocycles. The summed E-state index contributed by atoms with van der Waals surface area (Å²) in [6.45, 7) is 3.27. The Hall–Kier alpha value is -1.88. The van der Waals surface area contributed by atoms with Gasteiger partial charge in [0, 0.05) is 12.8 Å². The molecule has 4 rings (SSSR count). The molecule has 0 spiro atoms. The van der Waals surface area contributed by atoms with Crippen LogP contribution in [0.1, 0.15) is 19.3 Å². The third-order valence-electron chi connectivity index (χ3n) is 3.73. The third kappa shape index (κ3) is 2.00. The molecule has 1 aromatic rings. The topological polar surface area (TPSA) is 53.7 Å². The van der Waals surface area contributed by atoms with Crippen LogP contribution in [0, 0.1) is 0 Å². The fraction of sp³-hybridized carbons (Fsp3) is 0.429. The molecule has 0 bridgehead atoms. The van der Waals surface area contributed by atoms with E-state index >= 15 is 0 Å². The maximum Gasteiger partial charge on any atom is 0.179 e. The van der Waals surface area contributed by atoms with E-state index in [1.54, 1.807) is 6.21 Å². The van der Waals surface area contributed by atoms with Crippen LogP contribution in [0.15, 0.2) is 9.98 Å². The van der Waals surface area contributed by atoms with Crippen LogP contribution in [0.2, 0.25) is 0 Å². The van der Waals surface area contributed by atoms with Crippen LogP contribution >= 0.6 is 0 Å². The predicted molar refractivity (Wildman–Crippen MR) is 75.8 cm³/mol. The van der Waals surface area contributed by atoms with Gasteiger partial charge in [0.15, 0.2) is 11.6 Å². The smallest absolute Gasteiger partial charge is 0.179 e. The summed E-state index contributed by atoms with van der Waals surface area (Å²) < 4.78 is 0. The highest BCUT2D eigenvalue weighted by molar-refractivity contribution is 6.14. The van der Waals surface area contributed by atoms with E-state index in [0.29, 0.717) is 5.82 Å². The molecule has 5 nitrogen and oxygen atoms in total. The fourth-order valence-electron chi connectivity index (χ4n) is 2.76. The first kappa shape index (κ1) is 11.0. The number of aromatic nitrogens is 2. The third-order valence-corrected chi connectivity index (χ3v) is 3.73. The van der Waals surface area contributed by atoms with Crippen molar-refractivity contribution in [1.29, 1.82) is 0 Å². The summed E-state index contributed by atoms with van der Waals surface area (Å²) in [5.41, 5.74) is 1.07. The van der Waals surface area contributed by atoms with E-state index < -0.39 is 0 Å². The zero-order valence-corrected chi connectivity index (χ0v) is 10.7. The second kappa shape index (κ2) is 4.35. The van der Waals surface area contributed by atoms with Crippen LogP contribution in [0.4, 0.5) is 11.6 Å². The van der Waals surface area contributed by atoms with Gasteiger partial charge in [-0.3, -0.25) is 4.90 Å². The van der Waals surface area contributed by atoms with Crippen molar-refractivity contribution in [3.63, 3.8) is 0 Å². The summed E-state index contributed by atoms with van der Waals surface area (Å²) in [7, 11) is 0. The number of hydrogen-bond acceptors (Lipinski definition) is 5. The van der Waals surface area contributed by atoms with E-state index in [1.165, 1.54) is 32.4 Å². The second-order valence-corrected chi connectivity index (χ2v) is 5.17. The molecule has 0 N–H and O–H groups in total. The lowest BCUT2D eigenvalue weighted by Gasteiger charge is -2.25. The monoisotopic (exact) mass is 253 g/mol. The van der Waals surface area contributed by atoms with Crippen LogP contribution in [0.5, 0.6) is 0 Å². The minimum absolute atomic E-state index is 0.712. The largest absolute Gasteiger partial charge is 0.298 e. The summed E-state index contributed by atoms with van der Waals surface area (Å²) in [5.74, 6) is 1.46. The number of hydrogen-bond donors (Lipinski definition) is 0. The number of rotatable bonds is 2. The Bertz CT molecular complexity index is 695. The maximum atomic E-state index is 4.59. The quantitative estimate of drug-likeness (QED) is 0.763. The Kier molecular flexibility index (Phi) is 2.51. The molecule has 0 radical (unpaired) electrons. The number of piperidine rings is 1. The Labute approximate surface area is 111 Å². The molecule has 1 aromatic heterocycles. The maximum absolute atomic E-state index is 4.59. The van der Waals surface area contributed by atoms with Crippen LogP contribution in [0.25, 0.3) is 12.2 Å². The molecular weight excluding hydrogens is 238 g/mol. The van der Waals surface area contributed by atoms with Gasteiger partial charge in [-0.1, -0.05) is 6.42 Å². The SMILES string of the molecule is C1=Nc2nc3c(nc2=C1)N=C(CN1CCCCC1)C=3. The molecule has 0 aromatic carbocycles. The van der Waals surface area contributed by atoms with Crippen LogP contribution in [-0.2, 0) is 0 Å². The molecule has 1 fully saturated rings. The number of nitrogens with zero attached hydrogens (tertiary/aromatic N) is 5. The van der Waals surface area contributed by atoms with Crippen LogP contribution < -0.4 is 10.7 Å². The molecule has 0 aliphatic carbocycles. The average Bonchev–Trinajstić information content (AvgIpc) is 3.01. The van der Waals surface area contributed by atoms with Gasteiger partial charge in [-0.15, -0.1) is 0 Å². The Morgan fingerprint density at radius 2 is 1.84 bits per heavy atom. The average molecular weight is 253 g/mol. The fourth-order valence-corrected chi connectivity index (χ4v) is 2.76. The molecule has 0 atom stereocenters. The lowest BCUT2D eigenvalue weighted by atomic mass is 10.1. The zero-order valence-electron chi connectivity index (χ0n) is 10.7. The summed E-state index contributed by atoms with van der Waals surface area (Å²) in [5, 5.41) is 1.69. The summed E-state index contributed by atoms with van der Waals surface area (Å²) in [4.78, 5) is 20.2. The lowest BCUT2D eigenvalue weighted by Crippen LogP contribution is -2.33. The molecule has 0 saturated carbocycles. The van der Waals surface area contributed by atoms with Crippen molar-refractivity contribution in [1.82, 2.24) is 14.9 Å². The van der Waals surface area contributed by atoms with Gasteiger partial charge < -0.3 is 0 Å². The highest BCUT2D eigenvalue weighted by Crippen LogP contribution is 2.12. The van der Waals surface area contributed by atoms with Crippen molar-refractivity contribution in [3.8, 4) is 0 Å². The highest BCUT2D eigenvalue weighted by Gasteiger charge is 2.16. The van der Waals surface area contributed by atoms with E-state index in [0.717, 1.165) is 28.8 Å². The van der Waals surface area contributed by atoms with Gasteiger partial charge in [0.2, 0.25) is 0 Å². The number of fused-ring (bicyclic) bond motifs is 2. The van der Waals surface area contributed by atoms with Crippen molar-refractivity contribution in [2.75, 3.05) is 19.6 Å². The normalized spacial score (nSPS) is 20.5. The molecule has 19 heavy (non-hydrogen) atoms. The predicted octanol–water partition coefficient (Wildman–Crippen LogP) is 0.325. The standard InChI is InChI=1S/C14H15N5/c1-2-6-19(7-3-1)9-10-8-12-14(16-10)17-11-4-5-15-13(11)18-12/h4-5,8H,1-3,6-7,9H2. The first-order chi connectivity index (χ1) is 9.38. The van der Waals surface area contributed by atoms with Gasteiger partial charge in [0.1, 0.15) is 10.7 Å². The Morgan fingerprint density at radius 1 is 1.00 bits per heavy atom. The highest BCUT2D eigenvalue weighted by atomic mass is 15.1. The van der Waals surface area contributed by atoms with Crippen molar-refractivity contribution in [2.24, 2.45) is 9.98 Å². The molecule has 3 aliphatic rings. The van der Waals surface area contributed by atoms with E-state index in [2.05, 4.69) is 24.9 Å². The second-order valence-electron chi connectivity index (χ2n) is 5.17. The van der Waals surface area contributed by atoms with Gasteiger partial charge in [-0.25, -0.2) is 20.0 Å². The van der Waals surface area contributed by atoms with E-state index in [9.17, 15) is 0 Å². The van der Waals surface area contributed by atoms with Crippen molar-refractivity contribution < 1.29 is 0 Å². The van der Waals surface area contributed by atoms with E-state index in [1.807, 2.05) is 12.2 Å². The van der Waals surface area contributed by atoms with E-state index in [-0.39, 0.29) is 0 Å². The molecule has 0 amide bonds. The Morgan fingerprint density at radius 3 is 2.74 bits per heavy atom. The van der Waals surface area contributed by atoms with Crippen molar-refractivity contribution in [3.05, 3.63) is 10.7 Å². The molecule has 1 saturated heterocycles. The lowest BCUT2D eigenvalue weighted by molar-refractivity contribution is 0.259. The zero-order chi connectivity index (χ0) is 12.7. The van der Waals surface area contributed by atoms with Gasteiger partial charge in [0.25, 0.3) is 0 Å². The Balaban J connectivity index is 1.60. The van der Waals surface area contributed by atoms with Gasteiger partial charge >= 0.3 is 0 Å². The van der Waals surface area contributed by atoms with Crippen LogP contribution in [0.3, 0.4) is 0 Å². The summed E-state index contributed by atoms with van der Waals surface area (Å²) in [6.07, 6.45) is 9.62. The van der Waals surface area contributed by atoms with Crippen molar-refractivity contribution in [2.45, 2.75) is 19.3 Å². The van der Waals surface area contributed by atoms with Crippen molar-refractivity contribution >= 4 is 35.7 Å². The number of likely N-dealkylation sites (tertiary alicyclic amines) is 1. The molecule has 3 aliphatic heterocycles. The van der Waals surface area contributed by atoms with Gasteiger partial charge in [-0.2, -0.15) is 0 Å². The molecular formula is C14H15N5. The summed E-state index contributed by atoms with van der Waals surface area (Å²) in [6, 6.07) is 0. The first-order valence-corrected chi connectivity index (χ1v) is 6.83. The summed E-state index contributed by atoms with van der Waals surface area (Å²) >= 11 is 0. The molecule has 5 heteroatoms. The first-order valence-electron chi connectivity index (χ1n) is 6.83. The van der Waals surface area contributed by atoms with Gasteiger partial charge in [0.05, 0.1) is 5.71 Å². The number of aliphatic imine (C=N–C) groups is 2. The van der Waals surface area contributed by atoms with E-state index in [4.69, 9.17) is 0 Å².